The van der Waals surface area contributed by atoms with E-state index in [1.807, 2.05) is 0 Å². The summed E-state index contributed by atoms with van der Waals surface area (Å²) in [5.41, 5.74) is 2.17. The molecule has 0 radical (unpaired) electrons. The van der Waals surface area contributed by atoms with Gasteiger partial charge >= 0.3 is 0 Å². The summed E-state index contributed by atoms with van der Waals surface area (Å²) < 4.78 is 37.9. The van der Waals surface area contributed by atoms with Gasteiger partial charge in [0.2, 0.25) is 15.9 Å². The molecule has 9 heteroatoms. The fraction of sp³-hybridized carbons (Fsp3) is 0.500. The van der Waals surface area contributed by atoms with Gasteiger partial charge in [-0.3, -0.25) is 9.63 Å². The summed E-state index contributed by atoms with van der Waals surface area (Å²) >= 11 is 0. The highest BCUT2D eigenvalue weighted by Gasteiger charge is 2.18. The molecule has 1 heterocycles. The number of benzene rings is 1. The Hall–Kier alpha value is -1.84. The minimum Gasteiger partial charge on any atom is -0.490 e. The number of hydrogen-bond donors (Lipinski definition) is 2. The Kier molecular flexibility index (Phi) is 6.20. The van der Waals surface area contributed by atoms with E-state index in [0.29, 0.717) is 31.1 Å². The molecule has 128 valence electrons. The first-order chi connectivity index (χ1) is 11.0. The molecule has 0 aromatic heterocycles. The van der Waals surface area contributed by atoms with Crippen molar-refractivity contribution in [1.29, 1.82) is 0 Å². The van der Waals surface area contributed by atoms with E-state index in [1.54, 1.807) is 6.07 Å². The molecule has 8 nitrogen and oxygen atoms in total. The quantitative estimate of drug-likeness (QED) is 0.554. The lowest BCUT2D eigenvalue weighted by Gasteiger charge is -2.10. The number of amides is 1. The molecule has 23 heavy (non-hydrogen) atoms. The van der Waals surface area contributed by atoms with Crippen molar-refractivity contribution >= 4 is 15.9 Å². The van der Waals surface area contributed by atoms with E-state index in [4.69, 9.17) is 9.47 Å². The zero-order valence-electron chi connectivity index (χ0n) is 12.8. The van der Waals surface area contributed by atoms with E-state index in [-0.39, 0.29) is 23.8 Å². The Labute approximate surface area is 135 Å². The maximum absolute atomic E-state index is 12.2. The van der Waals surface area contributed by atoms with Gasteiger partial charge in [-0.2, -0.15) is 0 Å². The first-order valence-electron chi connectivity index (χ1n) is 7.24. The highest BCUT2D eigenvalue weighted by molar-refractivity contribution is 7.89. The molecule has 2 N–H and O–H groups in total. The van der Waals surface area contributed by atoms with Crippen molar-refractivity contribution in [3.63, 3.8) is 0 Å². The van der Waals surface area contributed by atoms with Crippen LogP contribution in [0.3, 0.4) is 0 Å². The third-order valence-corrected chi connectivity index (χ3v) is 4.58. The summed E-state index contributed by atoms with van der Waals surface area (Å²) in [7, 11) is -2.33. The summed E-state index contributed by atoms with van der Waals surface area (Å²) in [6.07, 6.45) is 1.27. The zero-order valence-corrected chi connectivity index (χ0v) is 13.6. The number of carbonyl (C=O) groups excluding carboxylic acids is 1. The molecule has 0 atom stereocenters. The van der Waals surface area contributed by atoms with Crippen LogP contribution in [0.15, 0.2) is 23.1 Å². The normalized spacial score (nSPS) is 14.1. The predicted octanol–water partition coefficient (Wildman–Crippen LogP) is 0.584. The van der Waals surface area contributed by atoms with Crippen molar-refractivity contribution in [3.8, 4) is 11.5 Å². The highest BCUT2D eigenvalue weighted by Crippen LogP contribution is 2.31. The minimum atomic E-state index is -3.66. The van der Waals surface area contributed by atoms with Gasteiger partial charge in [-0.05, 0) is 18.6 Å². The molecule has 2 rings (SSSR count). The van der Waals surface area contributed by atoms with Crippen molar-refractivity contribution in [2.24, 2.45) is 0 Å². The maximum atomic E-state index is 12.2. The van der Waals surface area contributed by atoms with Crippen LogP contribution in [-0.2, 0) is 19.7 Å². The van der Waals surface area contributed by atoms with Gasteiger partial charge in [0.05, 0.1) is 25.2 Å². The fourth-order valence-electron chi connectivity index (χ4n) is 2.01. The predicted molar refractivity (Wildman–Crippen MR) is 81.6 cm³/mol. The largest absolute Gasteiger partial charge is 0.490 e. The zero-order chi connectivity index (χ0) is 16.7. The van der Waals surface area contributed by atoms with E-state index in [1.165, 1.54) is 19.2 Å². The number of nitrogens with one attached hydrogen (secondary N) is 2. The third-order valence-electron chi connectivity index (χ3n) is 3.12. The monoisotopic (exact) mass is 344 g/mol. The maximum Gasteiger partial charge on any atom is 0.243 e. The second kappa shape index (κ2) is 8.14. The Morgan fingerprint density at radius 1 is 1.26 bits per heavy atom. The van der Waals surface area contributed by atoms with Gasteiger partial charge in [0.25, 0.3) is 0 Å². The van der Waals surface area contributed by atoms with E-state index in [2.05, 4.69) is 15.0 Å². The van der Waals surface area contributed by atoms with Crippen molar-refractivity contribution in [2.75, 3.05) is 26.9 Å². The van der Waals surface area contributed by atoms with Gasteiger partial charge in [0.15, 0.2) is 11.5 Å². The second-order valence-corrected chi connectivity index (χ2v) is 6.66. The van der Waals surface area contributed by atoms with Gasteiger partial charge in [0, 0.05) is 25.5 Å². The van der Waals surface area contributed by atoms with Crippen LogP contribution in [0.25, 0.3) is 0 Å². The van der Waals surface area contributed by atoms with Crippen molar-refractivity contribution in [2.45, 2.75) is 24.2 Å². The molecule has 0 saturated carbocycles. The standard InChI is InChI=1S/C14H20N2O6S/c1-20-16-14(17)4-2-7-15-23(18,19)11-5-6-12-13(10-11)22-9-3-8-21-12/h5-6,10,15H,2-4,7-9H2,1H3,(H,16,17). The third kappa shape index (κ3) is 5.08. The topological polar surface area (TPSA) is 103 Å². The molecule has 1 aromatic carbocycles. The molecule has 0 unspecified atom stereocenters. The van der Waals surface area contributed by atoms with Crippen LogP contribution < -0.4 is 19.7 Å². The van der Waals surface area contributed by atoms with Gasteiger partial charge in [0.1, 0.15) is 0 Å². The Bertz CT molecular complexity index is 647. The molecule has 1 aliphatic heterocycles. The average Bonchev–Trinajstić information content (AvgIpc) is 2.76. The molecule has 1 aliphatic rings. The van der Waals surface area contributed by atoms with E-state index < -0.39 is 10.0 Å². The Morgan fingerprint density at radius 2 is 2.00 bits per heavy atom. The van der Waals surface area contributed by atoms with Gasteiger partial charge in [-0.1, -0.05) is 0 Å². The smallest absolute Gasteiger partial charge is 0.243 e. The van der Waals surface area contributed by atoms with Crippen molar-refractivity contribution in [3.05, 3.63) is 18.2 Å². The SMILES string of the molecule is CONC(=O)CCCNS(=O)(=O)c1ccc2c(c1)OCCCO2. The molecule has 1 amide bonds. The molecule has 0 spiro atoms. The number of rotatable bonds is 7. The average molecular weight is 344 g/mol. The molecule has 0 saturated heterocycles. The summed E-state index contributed by atoms with van der Waals surface area (Å²) in [5.74, 6) is 0.657. The summed E-state index contributed by atoms with van der Waals surface area (Å²) in [6.45, 7) is 1.17. The van der Waals surface area contributed by atoms with Crippen LogP contribution in [0.1, 0.15) is 19.3 Å². The number of hydrogen-bond acceptors (Lipinski definition) is 6. The van der Waals surface area contributed by atoms with E-state index >= 15 is 0 Å². The van der Waals surface area contributed by atoms with Gasteiger partial charge < -0.3 is 9.47 Å². The number of carbonyl (C=O) groups is 1. The molecular weight excluding hydrogens is 324 g/mol. The van der Waals surface area contributed by atoms with E-state index in [0.717, 1.165) is 6.42 Å². The number of sulfonamides is 1. The van der Waals surface area contributed by atoms with Gasteiger partial charge in [-0.25, -0.2) is 18.6 Å². The Morgan fingerprint density at radius 3 is 2.74 bits per heavy atom. The second-order valence-electron chi connectivity index (χ2n) is 4.89. The van der Waals surface area contributed by atoms with Gasteiger partial charge in [-0.15, -0.1) is 0 Å². The number of hydroxylamine groups is 1. The number of ether oxygens (including phenoxy) is 2. The first-order valence-corrected chi connectivity index (χ1v) is 8.72. The lowest BCUT2D eigenvalue weighted by Crippen LogP contribution is -2.27. The molecule has 0 bridgehead atoms. The molecule has 1 aromatic rings. The van der Waals surface area contributed by atoms with Crippen LogP contribution in [0.4, 0.5) is 0 Å². The number of fused-ring (bicyclic) bond motifs is 1. The summed E-state index contributed by atoms with van der Waals surface area (Å²) in [5, 5.41) is 0. The molecule has 0 aliphatic carbocycles. The lowest BCUT2D eigenvalue weighted by atomic mass is 10.3. The molecule has 0 fully saturated rings. The van der Waals surface area contributed by atoms with Crippen LogP contribution >= 0.6 is 0 Å². The summed E-state index contributed by atoms with van der Waals surface area (Å²) in [6, 6.07) is 4.50. The van der Waals surface area contributed by atoms with Crippen LogP contribution in [0.5, 0.6) is 11.5 Å². The minimum absolute atomic E-state index is 0.100. The van der Waals surface area contributed by atoms with Crippen molar-refractivity contribution < 1.29 is 27.5 Å². The summed E-state index contributed by atoms with van der Waals surface area (Å²) in [4.78, 5) is 15.8. The highest BCUT2D eigenvalue weighted by atomic mass is 32.2. The first kappa shape index (κ1) is 17.5. The van der Waals surface area contributed by atoms with E-state index in [9.17, 15) is 13.2 Å². The fourth-order valence-corrected chi connectivity index (χ4v) is 3.10. The van der Waals surface area contributed by atoms with Crippen molar-refractivity contribution in [1.82, 2.24) is 10.2 Å². The Balaban J connectivity index is 1.94. The van der Waals surface area contributed by atoms with Crippen LogP contribution in [0, 0.1) is 0 Å². The lowest BCUT2D eigenvalue weighted by molar-refractivity contribution is -0.131. The van der Waals surface area contributed by atoms with Crippen LogP contribution in [-0.4, -0.2) is 41.2 Å². The molecular formula is C14H20N2O6S. The van der Waals surface area contributed by atoms with Crippen LogP contribution in [0.2, 0.25) is 0 Å².